The maximum Gasteiger partial charge on any atom is 0.240 e. The third kappa shape index (κ3) is 4.06. The lowest BCUT2D eigenvalue weighted by Gasteiger charge is -2.20. The summed E-state index contributed by atoms with van der Waals surface area (Å²) in [4.78, 5) is 0.242. The van der Waals surface area contributed by atoms with Gasteiger partial charge in [-0.05, 0) is 24.1 Å². The van der Waals surface area contributed by atoms with Crippen molar-refractivity contribution in [3.63, 3.8) is 0 Å². The Hall–Kier alpha value is -0.430. The molecular weight excluding hydrogens is 304 g/mol. The van der Waals surface area contributed by atoms with Gasteiger partial charge in [-0.3, -0.25) is 0 Å². The van der Waals surface area contributed by atoms with Crippen LogP contribution in [0.25, 0.3) is 0 Å². The Morgan fingerprint density at radius 3 is 2.53 bits per heavy atom. The molecule has 0 aromatic heterocycles. The van der Waals surface area contributed by atoms with Gasteiger partial charge in [0.25, 0.3) is 0 Å². The molecule has 1 rings (SSSR count). The van der Waals surface area contributed by atoms with E-state index >= 15 is 0 Å². The molecule has 1 aromatic carbocycles. The second-order valence-corrected chi connectivity index (χ2v) is 6.79. The van der Waals surface area contributed by atoms with Crippen LogP contribution in [0.4, 0.5) is 0 Å². The van der Waals surface area contributed by atoms with Crippen molar-refractivity contribution in [2.24, 2.45) is 11.7 Å². The first-order valence-electron chi connectivity index (χ1n) is 5.35. The van der Waals surface area contributed by atoms with Crippen LogP contribution < -0.4 is 10.5 Å². The summed E-state index contributed by atoms with van der Waals surface area (Å²) in [5.41, 5.74) is 5.55. The lowest BCUT2D eigenvalue weighted by Crippen LogP contribution is -2.43. The molecule has 0 heterocycles. The molecule has 1 atom stereocenters. The van der Waals surface area contributed by atoms with Gasteiger partial charge in [0.1, 0.15) is 0 Å². The van der Waals surface area contributed by atoms with E-state index in [4.69, 9.17) is 5.73 Å². The summed E-state index contributed by atoms with van der Waals surface area (Å²) in [5, 5.41) is 0. The zero-order valence-corrected chi connectivity index (χ0v) is 12.3. The van der Waals surface area contributed by atoms with Gasteiger partial charge in [-0.15, -0.1) is 0 Å². The molecule has 6 heteroatoms. The minimum absolute atomic E-state index is 0.155. The van der Waals surface area contributed by atoms with Crippen LogP contribution >= 0.6 is 15.9 Å². The van der Waals surface area contributed by atoms with Crippen molar-refractivity contribution in [1.29, 1.82) is 0 Å². The second-order valence-electron chi connectivity index (χ2n) is 4.16. The SMILES string of the molecule is CC(C)C(CN)NS(=O)(=O)c1cccc(Br)c1. The van der Waals surface area contributed by atoms with E-state index in [9.17, 15) is 8.42 Å². The fourth-order valence-corrected chi connectivity index (χ4v) is 3.35. The summed E-state index contributed by atoms with van der Waals surface area (Å²) in [6.45, 7) is 4.15. The third-order valence-electron chi connectivity index (χ3n) is 2.47. The molecule has 3 N–H and O–H groups in total. The normalized spacial score (nSPS) is 13.9. The average molecular weight is 321 g/mol. The van der Waals surface area contributed by atoms with E-state index in [-0.39, 0.29) is 23.4 Å². The Balaban J connectivity index is 2.96. The molecule has 1 unspecified atom stereocenters. The number of hydrogen-bond donors (Lipinski definition) is 2. The van der Waals surface area contributed by atoms with Gasteiger partial charge in [0.2, 0.25) is 10.0 Å². The number of benzene rings is 1. The second kappa shape index (κ2) is 5.95. The van der Waals surface area contributed by atoms with Crippen LogP contribution in [0.2, 0.25) is 0 Å². The lowest BCUT2D eigenvalue weighted by molar-refractivity contribution is 0.455. The Kier molecular flexibility index (Phi) is 5.12. The lowest BCUT2D eigenvalue weighted by atomic mass is 10.1. The standard InChI is InChI=1S/C11H17BrN2O2S/c1-8(2)11(7-13)14-17(15,16)10-5-3-4-9(12)6-10/h3-6,8,11,14H,7,13H2,1-2H3. The molecule has 0 bridgehead atoms. The molecule has 0 radical (unpaired) electrons. The van der Waals surface area contributed by atoms with Crippen LogP contribution in [0, 0.1) is 5.92 Å². The quantitative estimate of drug-likeness (QED) is 0.867. The highest BCUT2D eigenvalue weighted by atomic mass is 79.9. The van der Waals surface area contributed by atoms with E-state index in [1.807, 2.05) is 13.8 Å². The van der Waals surface area contributed by atoms with Gasteiger partial charge in [-0.25, -0.2) is 13.1 Å². The predicted octanol–water partition coefficient (Wildman–Crippen LogP) is 1.71. The van der Waals surface area contributed by atoms with Crippen molar-refractivity contribution in [3.05, 3.63) is 28.7 Å². The first-order chi connectivity index (χ1) is 7.86. The first kappa shape index (κ1) is 14.6. The van der Waals surface area contributed by atoms with Crippen LogP contribution in [-0.2, 0) is 10.0 Å². The molecule has 17 heavy (non-hydrogen) atoms. The maximum atomic E-state index is 12.1. The summed E-state index contributed by atoms with van der Waals surface area (Å²) >= 11 is 3.25. The Morgan fingerprint density at radius 2 is 2.06 bits per heavy atom. The van der Waals surface area contributed by atoms with E-state index in [0.29, 0.717) is 0 Å². The van der Waals surface area contributed by atoms with Gasteiger partial charge in [0, 0.05) is 17.1 Å². The van der Waals surface area contributed by atoms with Crippen LogP contribution in [0.5, 0.6) is 0 Å². The largest absolute Gasteiger partial charge is 0.329 e. The van der Waals surface area contributed by atoms with Gasteiger partial charge in [-0.2, -0.15) is 0 Å². The number of hydrogen-bond acceptors (Lipinski definition) is 3. The first-order valence-corrected chi connectivity index (χ1v) is 7.62. The summed E-state index contributed by atoms with van der Waals surface area (Å²) in [7, 11) is -3.50. The smallest absolute Gasteiger partial charge is 0.240 e. The van der Waals surface area contributed by atoms with Crippen molar-refractivity contribution in [1.82, 2.24) is 4.72 Å². The zero-order valence-electron chi connectivity index (χ0n) is 9.85. The number of rotatable bonds is 5. The monoisotopic (exact) mass is 320 g/mol. The summed E-state index contributed by atoms with van der Waals surface area (Å²) in [5.74, 6) is 0.155. The van der Waals surface area contributed by atoms with E-state index < -0.39 is 10.0 Å². The topological polar surface area (TPSA) is 72.2 Å². The molecule has 96 valence electrons. The number of halogens is 1. The molecular formula is C11H17BrN2O2S. The molecule has 0 fully saturated rings. The van der Waals surface area contributed by atoms with E-state index in [2.05, 4.69) is 20.7 Å². The van der Waals surface area contributed by atoms with Crippen molar-refractivity contribution in [3.8, 4) is 0 Å². The Morgan fingerprint density at radius 1 is 1.41 bits per heavy atom. The van der Waals surface area contributed by atoms with Crippen LogP contribution in [0.3, 0.4) is 0 Å². The molecule has 0 aliphatic heterocycles. The average Bonchev–Trinajstić information content (AvgIpc) is 2.25. The Labute approximate surface area is 111 Å². The molecule has 1 aromatic rings. The molecule has 0 saturated heterocycles. The van der Waals surface area contributed by atoms with E-state index in [1.54, 1.807) is 24.3 Å². The van der Waals surface area contributed by atoms with Crippen molar-refractivity contribution < 1.29 is 8.42 Å². The zero-order chi connectivity index (χ0) is 13.1. The molecule has 0 aliphatic carbocycles. The van der Waals surface area contributed by atoms with Gasteiger partial charge >= 0.3 is 0 Å². The molecule has 0 aliphatic rings. The van der Waals surface area contributed by atoms with Gasteiger partial charge < -0.3 is 5.73 Å². The summed E-state index contributed by atoms with van der Waals surface area (Å²) in [6, 6.07) is 6.34. The fraction of sp³-hybridized carbons (Fsp3) is 0.455. The molecule has 0 spiro atoms. The molecule has 0 amide bonds. The molecule has 0 saturated carbocycles. The molecule has 4 nitrogen and oxygen atoms in total. The van der Waals surface area contributed by atoms with Crippen molar-refractivity contribution in [2.45, 2.75) is 24.8 Å². The highest BCUT2D eigenvalue weighted by molar-refractivity contribution is 9.10. The minimum Gasteiger partial charge on any atom is -0.329 e. The fourth-order valence-electron chi connectivity index (χ4n) is 1.36. The van der Waals surface area contributed by atoms with Crippen LogP contribution in [0.1, 0.15) is 13.8 Å². The summed E-state index contributed by atoms with van der Waals surface area (Å²) < 4.78 is 27.5. The van der Waals surface area contributed by atoms with Gasteiger partial charge in [0.05, 0.1) is 4.90 Å². The predicted molar refractivity (Wildman–Crippen MR) is 72.1 cm³/mol. The van der Waals surface area contributed by atoms with Crippen molar-refractivity contribution in [2.75, 3.05) is 6.54 Å². The number of nitrogens with two attached hydrogens (primary N) is 1. The van der Waals surface area contributed by atoms with Gasteiger partial charge in [0.15, 0.2) is 0 Å². The summed E-state index contributed by atoms with van der Waals surface area (Å²) in [6.07, 6.45) is 0. The Bertz CT molecular complexity index is 474. The van der Waals surface area contributed by atoms with E-state index in [0.717, 1.165) is 4.47 Å². The van der Waals surface area contributed by atoms with Crippen LogP contribution in [0.15, 0.2) is 33.6 Å². The van der Waals surface area contributed by atoms with Crippen molar-refractivity contribution >= 4 is 26.0 Å². The number of sulfonamides is 1. The number of nitrogens with one attached hydrogen (secondary N) is 1. The highest BCUT2D eigenvalue weighted by Gasteiger charge is 2.21. The highest BCUT2D eigenvalue weighted by Crippen LogP contribution is 2.16. The maximum absolute atomic E-state index is 12.1. The minimum atomic E-state index is -3.50. The third-order valence-corrected chi connectivity index (χ3v) is 4.45. The van der Waals surface area contributed by atoms with E-state index in [1.165, 1.54) is 0 Å². The van der Waals surface area contributed by atoms with Gasteiger partial charge in [-0.1, -0.05) is 35.8 Å². The van der Waals surface area contributed by atoms with Crippen LogP contribution in [-0.4, -0.2) is 21.0 Å².